The first kappa shape index (κ1) is 15.9. The summed E-state index contributed by atoms with van der Waals surface area (Å²) in [6, 6.07) is 1.66. The van der Waals surface area contributed by atoms with Gasteiger partial charge in [-0.05, 0) is 19.2 Å². The molecule has 7 heteroatoms. The van der Waals surface area contributed by atoms with Gasteiger partial charge in [0.25, 0.3) is 0 Å². The summed E-state index contributed by atoms with van der Waals surface area (Å²) in [5.74, 6) is 6.71. The molecule has 4 nitrogen and oxygen atoms in total. The Kier molecular flexibility index (Phi) is 7.11. The van der Waals surface area contributed by atoms with Gasteiger partial charge in [0.05, 0.1) is 10.0 Å². The van der Waals surface area contributed by atoms with Gasteiger partial charge in [0.2, 0.25) is 0 Å². The van der Waals surface area contributed by atoms with E-state index < -0.39 is 0 Å². The Morgan fingerprint density at radius 2 is 2.00 bits per heavy atom. The molecule has 0 aliphatic carbocycles. The number of pyridine rings is 1. The van der Waals surface area contributed by atoms with Crippen LogP contribution in [-0.2, 0) is 0 Å². The van der Waals surface area contributed by atoms with E-state index in [0.717, 1.165) is 30.4 Å². The van der Waals surface area contributed by atoms with E-state index in [1.807, 2.05) is 0 Å². The van der Waals surface area contributed by atoms with Gasteiger partial charge in [-0.2, -0.15) is 0 Å². The van der Waals surface area contributed by atoms with Crippen LogP contribution in [-0.4, -0.2) is 35.3 Å². The largest absolute Gasteiger partial charge is 0.307 e. The number of halogens is 2. The van der Waals surface area contributed by atoms with Crippen LogP contribution in [0.15, 0.2) is 11.1 Å². The van der Waals surface area contributed by atoms with Crippen molar-refractivity contribution in [2.24, 2.45) is 5.84 Å². The highest BCUT2D eigenvalue weighted by Crippen LogP contribution is 2.31. The van der Waals surface area contributed by atoms with Crippen molar-refractivity contribution in [3.8, 4) is 0 Å². The highest BCUT2D eigenvalue weighted by molar-refractivity contribution is 7.99. The number of hydrogen-bond donors (Lipinski definition) is 2. The number of hydrazine groups is 1. The molecule has 1 heterocycles. The molecule has 0 radical (unpaired) electrons. The Balaban J connectivity index is 2.61. The molecule has 102 valence electrons. The molecule has 0 spiro atoms. The Morgan fingerprint density at radius 3 is 2.56 bits per heavy atom. The van der Waals surface area contributed by atoms with Gasteiger partial charge in [-0.1, -0.05) is 37.0 Å². The number of nitrogens with two attached hydrogens (primary N) is 1. The maximum Gasteiger partial charge on any atom is 0.160 e. The van der Waals surface area contributed by atoms with Gasteiger partial charge in [-0.3, -0.25) is 0 Å². The molecule has 0 saturated heterocycles. The highest BCUT2D eigenvalue weighted by Gasteiger charge is 2.09. The van der Waals surface area contributed by atoms with Crippen LogP contribution in [0, 0.1) is 0 Å². The van der Waals surface area contributed by atoms with Gasteiger partial charge < -0.3 is 10.3 Å². The molecule has 0 aromatic carbocycles. The molecule has 18 heavy (non-hydrogen) atoms. The Bertz CT molecular complexity index is 386. The SMILES string of the molecule is CCN(CC)CCSc1nc(NN)c(Cl)cc1Cl. The number of hydrogen-bond acceptors (Lipinski definition) is 5. The molecule has 0 bridgehead atoms. The zero-order chi connectivity index (χ0) is 13.5. The molecular formula is C11H18Cl2N4S. The van der Waals surface area contributed by atoms with Crippen molar-refractivity contribution in [1.29, 1.82) is 0 Å². The van der Waals surface area contributed by atoms with E-state index in [4.69, 9.17) is 29.0 Å². The normalized spacial score (nSPS) is 11.0. The van der Waals surface area contributed by atoms with Crippen LogP contribution in [0.4, 0.5) is 5.82 Å². The van der Waals surface area contributed by atoms with E-state index in [2.05, 4.69) is 29.2 Å². The standard InChI is InChI=1S/C11H18Cl2N4S/c1-3-17(4-2)5-6-18-11-9(13)7-8(12)10(15-11)16-14/h7H,3-6,14H2,1-2H3,(H,15,16). The number of anilines is 1. The van der Waals surface area contributed by atoms with Crippen LogP contribution in [0.1, 0.15) is 13.8 Å². The summed E-state index contributed by atoms with van der Waals surface area (Å²) in [5, 5.41) is 1.74. The molecule has 0 saturated carbocycles. The minimum absolute atomic E-state index is 0.426. The molecule has 0 aliphatic rings. The summed E-state index contributed by atoms with van der Waals surface area (Å²) < 4.78 is 0. The van der Waals surface area contributed by atoms with Gasteiger partial charge in [-0.15, -0.1) is 11.8 Å². The van der Waals surface area contributed by atoms with Crippen LogP contribution in [0.3, 0.4) is 0 Å². The predicted molar refractivity (Wildman–Crippen MR) is 80.6 cm³/mol. The smallest absolute Gasteiger partial charge is 0.160 e. The third kappa shape index (κ3) is 4.48. The van der Waals surface area contributed by atoms with Crippen LogP contribution in [0.5, 0.6) is 0 Å². The Labute approximate surface area is 122 Å². The number of nitrogens with one attached hydrogen (secondary N) is 1. The molecule has 0 fully saturated rings. The predicted octanol–water partition coefficient (Wildman–Crippen LogP) is 3.11. The maximum absolute atomic E-state index is 6.09. The number of aromatic nitrogens is 1. The molecule has 0 amide bonds. The Morgan fingerprint density at radius 1 is 1.33 bits per heavy atom. The Hall–Kier alpha value is -0.200. The van der Waals surface area contributed by atoms with Crippen molar-refractivity contribution < 1.29 is 0 Å². The molecular weight excluding hydrogens is 291 g/mol. The first-order valence-electron chi connectivity index (χ1n) is 5.80. The third-order valence-electron chi connectivity index (χ3n) is 2.57. The van der Waals surface area contributed by atoms with Crippen LogP contribution in [0.25, 0.3) is 0 Å². The molecule has 0 atom stereocenters. The van der Waals surface area contributed by atoms with Crippen molar-refractivity contribution in [3.05, 3.63) is 16.1 Å². The number of thioether (sulfide) groups is 1. The van der Waals surface area contributed by atoms with Gasteiger partial charge in [-0.25, -0.2) is 10.8 Å². The lowest BCUT2D eigenvalue weighted by atomic mass is 10.4. The van der Waals surface area contributed by atoms with E-state index in [-0.39, 0.29) is 0 Å². The molecule has 0 aliphatic heterocycles. The first-order valence-corrected chi connectivity index (χ1v) is 7.54. The fourth-order valence-corrected chi connectivity index (χ4v) is 2.94. The minimum Gasteiger partial charge on any atom is -0.307 e. The lowest BCUT2D eigenvalue weighted by Gasteiger charge is -2.17. The van der Waals surface area contributed by atoms with Crippen molar-refractivity contribution >= 4 is 40.8 Å². The summed E-state index contributed by atoms with van der Waals surface area (Å²) in [4.78, 5) is 6.63. The van der Waals surface area contributed by atoms with Crippen LogP contribution in [0.2, 0.25) is 10.0 Å². The fraction of sp³-hybridized carbons (Fsp3) is 0.545. The summed E-state index contributed by atoms with van der Waals surface area (Å²) in [6.45, 7) is 7.41. The van der Waals surface area contributed by atoms with Crippen molar-refractivity contribution in [1.82, 2.24) is 9.88 Å². The minimum atomic E-state index is 0.426. The fourth-order valence-electron chi connectivity index (χ4n) is 1.46. The lowest BCUT2D eigenvalue weighted by Crippen LogP contribution is -2.25. The first-order chi connectivity index (χ1) is 8.62. The number of nitrogen functional groups attached to an aromatic ring is 1. The van der Waals surface area contributed by atoms with E-state index in [0.29, 0.717) is 15.9 Å². The lowest BCUT2D eigenvalue weighted by molar-refractivity contribution is 0.324. The number of rotatable bonds is 7. The molecule has 1 aromatic rings. The van der Waals surface area contributed by atoms with Crippen LogP contribution >= 0.6 is 35.0 Å². The van der Waals surface area contributed by atoms with Crippen molar-refractivity contribution in [2.45, 2.75) is 18.9 Å². The van der Waals surface area contributed by atoms with E-state index in [9.17, 15) is 0 Å². The zero-order valence-electron chi connectivity index (χ0n) is 10.5. The molecule has 1 aromatic heterocycles. The second-order valence-corrected chi connectivity index (χ2v) is 5.52. The maximum atomic E-state index is 6.09. The second-order valence-electron chi connectivity index (χ2n) is 3.63. The van der Waals surface area contributed by atoms with Gasteiger partial charge >= 0.3 is 0 Å². The van der Waals surface area contributed by atoms with E-state index in [1.54, 1.807) is 17.8 Å². The summed E-state index contributed by atoms with van der Waals surface area (Å²) in [7, 11) is 0. The van der Waals surface area contributed by atoms with Gasteiger partial charge in [0.15, 0.2) is 5.82 Å². The van der Waals surface area contributed by atoms with E-state index >= 15 is 0 Å². The zero-order valence-corrected chi connectivity index (χ0v) is 12.9. The summed E-state index contributed by atoms with van der Waals surface area (Å²) in [5.41, 5.74) is 2.46. The van der Waals surface area contributed by atoms with Crippen molar-refractivity contribution in [3.63, 3.8) is 0 Å². The molecule has 3 N–H and O–H groups in total. The number of nitrogens with zero attached hydrogens (tertiary/aromatic N) is 2. The topological polar surface area (TPSA) is 54.2 Å². The van der Waals surface area contributed by atoms with Crippen molar-refractivity contribution in [2.75, 3.05) is 30.8 Å². The highest BCUT2D eigenvalue weighted by atomic mass is 35.5. The quantitative estimate of drug-likeness (QED) is 0.460. The second kappa shape index (κ2) is 8.07. The van der Waals surface area contributed by atoms with Crippen LogP contribution < -0.4 is 11.3 Å². The third-order valence-corrected chi connectivity index (χ3v) is 4.23. The van der Waals surface area contributed by atoms with E-state index in [1.165, 1.54) is 0 Å². The summed E-state index contributed by atoms with van der Waals surface area (Å²) in [6.07, 6.45) is 0. The summed E-state index contributed by atoms with van der Waals surface area (Å²) >= 11 is 13.6. The average molecular weight is 309 g/mol. The van der Waals surface area contributed by atoms with Gasteiger partial charge in [0.1, 0.15) is 5.03 Å². The van der Waals surface area contributed by atoms with Gasteiger partial charge in [0, 0.05) is 12.3 Å². The average Bonchev–Trinajstić information content (AvgIpc) is 2.37. The monoisotopic (exact) mass is 308 g/mol. The molecule has 0 unspecified atom stereocenters. The molecule has 1 rings (SSSR count).